The average Bonchev–Trinajstić information content (AvgIpc) is 3.35. The van der Waals surface area contributed by atoms with Gasteiger partial charge in [0.1, 0.15) is 11.9 Å². The molecule has 0 N–H and O–H groups in total. The van der Waals surface area contributed by atoms with E-state index in [-0.39, 0.29) is 0 Å². The van der Waals surface area contributed by atoms with Crippen LogP contribution in [0.2, 0.25) is 0 Å². The molecule has 1 saturated heterocycles. The minimum Gasteiger partial charge on any atom is -0.353 e. The number of hydrogen-bond donors (Lipinski definition) is 0. The highest BCUT2D eigenvalue weighted by Gasteiger charge is 2.30. The topological polar surface area (TPSA) is 70.6 Å². The zero-order chi connectivity index (χ0) is 18.4. The second-order valence-corrected chi connectivity index (χ2v) is 7.40. The quantitative estimate of drug-likeness (QED) is 0.704. The predicted molar refractivity (Wildman–Crippen MR) is 104 cm³/mol. The zero-order valence-corrected chi connectivity index (χ0v) is 15.2. The lowest BCUT2D eigenvalue weighted by Crippen LogP contribution is -2.41. The summed E-state index contributed by atoms with van der Waals surface area (Å²) < 4.78 is 2.43. The normalized spacial score (nSPS) is 21.4. The zero-order valence-electron chi connectivity index (χ0n) is 15.2. The maximum atomic E-state index is 8.94. The van der Waals surface area contributed by atoms with E-state index >= 15 is 0 Å². The summed E-state index contributed by atoms with van der Waals surface area (Å²) in [7, 11) is 0. The van der Waals surface area contributed by atoms with Crippen molar-refractivity contribution in [2.45, 2.75) is 25.8 Å². The van der Waals surface area contributed by atoms with Crippen LogP contribution in [-0.2, 0) is 6.42 Å². The van der Waals surface area contributed by atoms with E-state index in [9.17, 15) is 0 Å². The monoisotopic (exact) mass is 356 g/mol. The Morgan fingerprint density at radius 2 is 2.11 bits per heavy atom. The van der Waals surface area contributed by atoms with Gasteiger partial charge in [-0.2, -0.15) is 5.26 Å². The van der Waals surface area contributed by atoms with Gasteiger partial charge in [-0.1, -0.05) is 19.1 Å². The Morgan fingerprint density at radius 1 is 1.19 bits per heavy atom. The minimum absolute atomic E-state index is 0.354. The van der Waals surface area contributed by atoms with Crippen LogP contribution in [0.15, 0.2) is 36.9 Å². The van der Waals surface area contributed by atoms with E-state index in [1.807, 2.05) is 12.3 Å². The first-order valence-electron chi connectivity index (χ1n) is 9.36. The molecule has 0 radical (unpaired) electrons. The van der Waals surface area contributed by atoms with Gasteiger partial charge >= 0.3 is 0 Å². The molecule has 0 aromatic carbocycles. The maximum absolute atomic E-state index is 8.94. The maximum Gasteiger partial charge on any atom is 0.158 e. The summed E-state index contributed by atoms with van der Waals surface area (Å²) in [6.07, 6.45) is 13.9. The van der Waals surface area contributed by atoms with E-state index in [2.05, 4.69) is 55.8 Å². The van der Waals surface area contributed by atoms with Gasteiger partial charge in [0.05, 0.1) is 29.6 Å². The van der Waals surface area contributed by atoms with Crippen LogP contribution in [-0.4, -0.2) is 32.6 Å². The smallest absolute Gasteiger partial charge is 0.158 e. The van der Waals surface area contributed by atoms with E-state index in [1.54, 1.807) is 12.4 Å². The molecule has 1 fully saturated rings. The Bertz CT molecular complexity index is 1070. The van der Waals surface area contributed by atoms with Crippen LogP contribution in [0.25, 0.3) is 17.0 Å². The summed E-state index contributed by atoms with van der Waals surface area (Å²) in [5.41, 5.74) is 4.08. The van der Waals surface area contributed by atoms with Gasteiger partial charge in [0, 0.05) is 42.9 Å². The lowest BCUT2D eigenvalue weighted by molar-refractivity contribution is 0.304. The van der Waals surface area contributed by atoms with Crippen LogP contribution < -0.4 is 4.90 Å². The highest BCUT2D eigenvalue weighted by atomic mass is 15.2. The Hall–Kier alpha value is -3.20. The Balaban J connectivity index is 1.52. The van der Waals surface area contributed by atoms with Crippen LogP contribution in [0.1, 0.15) is 36.3 Å². The standard InChI is InChI=1S/C21H20N6/c1-14-5-7-26(20-12-23-16(9-22)11-25-20)13-19(14)27-8-6-15-10-24-18-4-2-3-17(18)21(15)27/h2-3,6,8,10-12,14,19H,4-5,7,13H2,1H3/t14-,19+/m1/s1. The molecule has 0 bridgehead atoms. The van der Waals surface area contributed by atoms with Crippen molar-refractivity contribution in [1.29, 1.82) is 5.26 Å². The van der Waals surface area contributed by atoms with E-state index in [0.29, 0.717) is 17.7 Å². The third kappa shape index (κ3) is 2.58. The van der Waals surface area contributed by atoms with Crippen molar-refractivity contribution >= 4 is 22.8 Å². The van der Waals surface area contributed by atoms with E-state index < -0.39 is 0 Å². The van der Waals surface area contributed by atoms with Gasteiger partial charge in [-0.25, -0.2) is 9.97 Å². The van der Waals surface area contributed by atoms with E-state index in [0.717, 1.165) is 31.7 Å². The van der Waals surface area contributed by atoms with Gasteiger partial charge in [-0.15, -0.1) is 0 Å². The summed E-state index contributed by atoms with van der Waals surface area (Å²) in [5.74, 6) is 1.41. The number of rotatable bonds is 2. The van der Waals surface area contributed by atoms with E-state index in [1.165, 1.54) is 22.2 Å². The summed E-state index contributed by atoms with van der Waals surface area (Å²) >= 11 is 0. The molecule has 6 heteroatoms. The largest absolute Gasteiger partial charge is 0.353 e. The first kappa shape index (κ1) is 16.0. The van der Waals surface area contributed by atoms with Crippen LogP contribution in [0.5, 0.6) is 0 Å². The third-order valence-corrected chi connectivity index (χ3v) is 5.82. The van der Waals surface area contributed by atoms with Crippen molar-refractivity contribution in [3.63, 3.8) is 0 Å². The fourth-order valence-electron chi connectivity index (χ4n) is 4.28. The molecule has 2 atom stereocenters. The van der Waals surface area contributed by atoms with Gasteiger partial charge in [-0.05, 0) is 18.4 Å². The number of aromatic nitrogens is 4. The highest BCUT2D eigenvalue weighted by Crippen LogP contribution is 2.35. The Labute approximate surface area is 157 Å². The fourth-order valence-corrected chi connectivity index (χ4v) is 4.28. The fraction of sp³-hybridized carbons (Fsp3) is 0.333. The molecule has 1 aliphatic carbocycles. The van der Waals surface area contributed by atoms with E-state index in [4.69, 9.17) is 5.26 Å². The third-order valence-electron chi connectivity index (χ3n) is 5.82. The van der Waals surface area contributed by atoms with Crippen molar-refractivity contribution < 1.29 is 0 Å². The number of pyridine rings is 1. The van der Waals surface area contributed by atoms with Crippen molar-refractivity contribution in [2.24, 2.45) is 5.92 Å². The summed E-state index contributed by atoms with van der Waals surface area (Å²) in [5, 5.41) is 10.1. The molecule has 5 rings (SSSR count). The molecule has 6 nitrogen and oxygen atoms in total. The molecule has 1 aliphatic heterocycles. The SMILES string of the molecule is C[C@@H]1CCN(c2cnc(C#N)cn2)C[C@@H]1n1ccc2cnc3c(c21)C=CC3. The van der Waals surface area contributed by atoms with Crippen LogP contribution in [0.3, 0.4) is 0 Å². The van der Waals surface area contributed by atoms with Crippen LogP contribution in [0.4, 0.5) is 5.82 Å². The number of nitriles is 1. The lowest BCUT2D eigenvalue weighted by atomic mass is 9.93. The number of anilines is 1. The van der Waals surface area contributed by atoms with Crippen LogP contribution >= 0.6 is 0 Å². The number of hydrogen-bond acceptors (Lipinski definition) is 5. The van der Waals surface area contributed by atoms with Crippen molar-refractivity contribution in [1.82, 2.24) is 19.5 Å². The average molecular weight is 356 g/mol. The molecule has 3 aromatic heterocycles. The number of piperidine rings is 1. The van der Waals surface area contributed by atoms with Crippen molar-refractivity contribution in [3.05, 3.63) is 53.9 Å². The molecule has 3 aromatic rings. The van der Waals surface area contributed by atoms with Gasteiger partial charge in [0.15, 0.2) is 5.69 Å². The molecule has 134 valence electrons. The molecule has 0 spiro atoms. The summed E-state index contributed by atoms with van der Waals surface area (Å²) in [6.45, 7) is 4.17. The Kier molecular flexibility index (Phi) is 3.68. The van der Waals surface area contributed by atoms with Gasteiger partial charge < -0.3 is 9.47 Å². The highest BCUT2D eigenvalue weighted by molar-refractivity contribution is 5.90. The number of fused-ring (bicyclic) bond motifs is 3. The molecule has 4 heterocycles. The summed E-state index contributed by atoms with van der Waals surface area (Å²) in [6, 6.07) is 4.56. The van der Waals surface area contributed by atoms with Gasteiger partial charge in [-0.3, -0.25) is 4.98 Å². The molecule has 27 heavy (non-hydrogen) atoms. The van der Waals surface area contributed by atoms with Crippen LogP contribution in [0, 0.1) is 17.2 Å². The van der Waals surface area contributed by atoms with Crippen molar-refractivity contribution in [3.8, 4) is 6.07 Å². The van der Waals surface area contributed by atoms with Gasteiger partial charge in [0.25, 0.3) is 0 Å². The molecule has 0 saturated carbocycles. The number of nitrogens with zero attached hydrogens (tertiary/aromatic N) is 6. The molecular formula is C21H20N6. The molecular weight excluding hydrogens is 336 g/mol. The second-order valence-electron chi connectivity index (χ2n) is 7.40. The summed E-state index contributed by atoms with van der Waals surface area (Å²) in [4.78, 5) is 15.5. The molecule has 2 aliphatic rings. The van der Waals surface area contributed by atoms with Crippen molar-refractivity contribution in [2.75, 3.05) is 18.0 Å². The van der Waals surface area contributed by atoms with Gasteiger partial charge in [0.2, 0.25) is 0 Å². The first-order chi connectivity index (χ1) is 13.2. The molecule has 0 unspecified atom stereocenters. The molecule has 0 amide bonds. The second kappa shape index (κ2) is 6.20. The number of allylic oxidation sites excluding steroid dienone is 1. The predicted octanol–water partition coefficient (Wildman–Crippen LogP) is 3.35. The Morgan fingerprint density at radius 3 is 2.93 bits per heavy atom. The first-order valence-corrected chi connectivity index (χ1v) is 9.36. The minimum atomic E-state index is 0.354. The lowest BCUT2D eigenvalue weighted by Gasteiger charge is -2.39.